The zero-order valence-corrected chi connectivity index (χ0v) is 11.9. The van der Waals surface area contributed by atoms with Crippen molar-refractivity contribution in [1.29, 1.82) is 0 Å². The Labute approximate surface area is 119 Å². The monoisotopic (exact) mass is 276 g/mol. The maximum Gasteiger partial charge on any atom is 0.328 e. The number of carbonyl (C=O) groups excluding carboxylic acids is 1. The molecule has 20 heavy (non-hydrogen) atoms. The van der Waals surface area contributed by atoms with Gasteiger partial charge in [0.25, 0.3) is 0 Å². The van der Waals surface area contributed by atoms with Gasteiger partial charge in [0.05, 0.1) is 6.61 Å². The highest BCUT2D eigenvalue weighted by atomic mass is 16.5. The zero-order chi connectivity index (χ0) is 15.2. The summed E-state index contributed by atoms with van der Waals surface area (Å²) >= 11 is 0. The summed E-state index contributed by atoms with van der Waals surface area (Å²) in [7, 11) is 0. The molecule has 0 aliphatic rings. The van der Waals surface area contributed by atoms with Gasteiger partial charge in [0, 0.05) is 0 Å². The second-order valence-electron chi connectivity index (χ2n) is 4.57. The van der Waals surface area contributed by atoms with Gasteiger partial charge in [-0.25, -0.2) is 0 Å². The molecular weight excluding hydrogens is 256 g/mol. The van der Waals surface area contributed by atoms with Crippen molar-refractivity contribution in [2.75, 3.05) is 6.61 Å². The minimum atomic E-state index is -1.67. The van der Waals surface area contributed by atoms with E-state index in [4.69, 9.17) is 4.74 Å². The van der Waals surface area contributed by atoms with Crippen LogP contribution in [0, 0.1) is 6.92 Å². The molecule has 0 radical (unpaired) electrons. The summed E-state index contributed by atoms with van der Waals surface area (Å²) < 4.78 is 5.02. The van der Waals surface area contributed by atoms with E-state index in [9.17, 15) is 14.7 Å². The minimum absolute atomic E-state index is 0.134. The van der Waals surface area contributed by atoms with E-state index in [2.05, 4.69) is 6.58 Å². The number of rotatable bonds is 7. The lowest BCUT2D eigenvalue weighted by atomic mass is 9.74. The molecule has 0 bridgehead atoms. The third-order valence-electron chi connectivity index (χ3n) is 3.32. The van der Waals surface area contributed by atoms with E-state index in [1.54, 1.807) is 38.1 Å². The molecule has 1 rings (SSSR count). The number of carbonyl (C=O) groups is 2. The number of allylic oxidation sites excluding steroid dienone is 1. The SMILES string of the molecule is C=CCCC(C(=O)O)(C(=O)OCC)c1ccccc1C. The highest BCUT2D eigenvalue weighted by Crippen LogP contribution is 2.34. The van der Waals surface area contributed by atoms with Crippen LogP contribution in [-0.2, 0) is 19.7 Å². The molecule has 1 unspecified atom stereocenters. The number of hydrogen-bond acceptors (Lipinski definition) is 3. The first-order valence-corrected chi connectivity index (χ1v) is 6.58. The Bertz CT molecular complexity index is 507. The summed E-state index contributed by atoms with van der Waals surface area (Å²) in [5.74, 6) is -1.91. The molecule has 0 amide bonds. The summed E-state index contributed by atoms with van der Waals surface area (Å²) in [5, 5.41) is 9.69. The summed E-state index contributed by atoms with van der Waals surface area (Å²) in [6, 6.07) is 7.00. The molecule has 0 aromatic heterocycles. The number of aryl methyl sites for hydroxylation is 1. The molecule has 1 atom stereocenters. The van der Waals surface area contributed by atoms with Crippen LogP contribution in [0.2, 0.25) is 0 Å². The van der Waals surface area contributed by atoms with Gasteiger partial charge >= 0.3 is 11.9 Å². The maximum atomic E-state index is 12.3. The number of ether oxygens (including phenoxy) is 1. The molecule has 1 aromatic rings. The van der Waals surface area contributed by atoms with E-state index in [-0.39, 0.29) is 13.0 Å². The lowest BCUT2D eigenvalue weighted by Crippen LogP contribution is -2.45. The normalized spacial score (nSPS) is 13.3. The van der Waals surface area contributed by atoms with E-state index in [0.717, 1.165) is 5.56 Å². The largest absolute Gasteiger partial charge is 0.480 e. The predicted octanol–water partition coefficient (Wildman–Crippen LogP) is 2.85. The van der Waals surface area contributed by atoms with Crippen LogP contribution in [0.15, 0.2) is 36.9 Å². The van der Waals surface area contributed by atoms with E-state index in [1.165, 1.54) is 0 Å². The first-order chi connectivity index (χ1) is 9.50. The maximum absolute atomic E-state index is 12.3. The summed E-state index contributed by atoms with van der Waals surface area (Å²) in [6.45, 7) is 7.20. The molecule has 0 aliphatic heterocycles. The van der Waals surface area contributed by atoms with Crippen LogP contribution in [0.5, 0.6) is 0 Å². The molecule has 0 saturated carbocycles. The van der Waals surface area contributed by atoms with E-state index in [0.29, 0.717) is 12.0 Å². The first-order valence-electron chi connectivity index (χ1n) is 6.58. The standard InChI is InChI=1S/C16H20O4/c1-4-6-11-16(14(17)18,15(19)20-5-2)13-10-8-7-9-12(13)3/h4,7-10H,1,5-6,11H2,2-3H3,(H,17,18). The fourth-order valence-electron chi connectivity index (χ4n) is 2.28. The van der Waals surface area contributed by atoms with Gasteiger partial charge < -0.3 is 9.84 Å². The molecule has 1 aromatic carbocycles. The molecule has 108 valence electrons. The second-order valence-corrected chi connectivity index (χ2v) is 4.57. The average molecular weight is 276 g/mol. The number of aliphatic carboxylic acids is 1. The summed E-state index contributed by atoms with van der Waals surface area (Å²) in [4.78, 5) is 24.2. The molecule has 0 saturated heterocycles. The van der Waals surface area contributed by atoms with Crippen molar-refractivity contribution in [2.45, 2.75) is 32.1 Å². The number of carboxylic acids is 1. The lowest BCUT2D eigenvalue weighted by Gasteiger charge is -2.28. The summed E-state index contributed by atoms with van der Waals surface area (Å²) in [5.41, 5.74) is -0.435. The average Bonchev–Trinajstić information content (AvgIpc) is 2.41. The molecule has 1 N–H and O–H groups in total. The van der Waals surface area contributed by atoms with Crippen molar-refractivity contribution in [2.24, 2.45) is 0 Å². The van der Waals surface area contributed by atoms with Gasteiger partial charge in [-0.2, -0.15) is 0 Å². The lowest BCUT2D eigenvalue weighted by molar-refractivity contribution is -0.162. The van der Waals surface area contributed by atoms with Gasteiger partial charge in [-0.05, 0) is 37.8 Å². The van der Waals surface area contributed by atoms with Crippen LogP contribution in [-0.4, -0.2) is 23.7 Å². The van der Waals surface area contributed by atoms with Gasteiger partial charge in [0.1, 0.15) is 0 Å². The first kappa shape index (κ1) is 16.0. The van der Waals surface area contributed by atoms with Crippen molar-refractivity contribution >= 4 is 11.9 Å². The zero-order valence-electron chi connectivity index (χ0n) is 11.9. The predicted molar refractivity (Wildman–Crippen MR) is 76.6 cm³/mol. The Morgan fingerprint density at radius 2 is 2.05 bits per heavy atom. The third kappa shape index (κ3) is 2.90. The Kier molecular flexibility index (Phi) is 5.50. The topological polar surface area (TPSA) is 63.6 Å². The summed E-state index contributed by atoms with van der Waals surface area (Å²) in [6.07, 6.45) is 2.16. The quantitative estimate of drug-likeness (QED) is 0.472. The van der Waals surface area contributed by atoms with Crippen LogP contribution < -0.4 is 0 Å². The van der Waals surface area contributed by atoms with Crippen molar-refractivity contribution in [3.8, 4) is 0 Å². The molecule has 0 heterocycles. The van der Waals surface area contributed by atoms with E-state index >= 15 is 0 Å². The highest BCUT2D eigenvalue weighted by Gasteiger charge is 2.49. The van der Waals surface area contributed by atoms with Crippen molar-refractivity contribution in [1.82, 2.24) is 0 Å². The van der Waals surface area contributed by atoms with Crippen molar-refractivity contribution in [3.05, 3.63) is 48.0 Å². The molecule has 4 nitrogen and oxygen atoms in total. The number of benzene rings is 1. The van der Waals surface area contributed by atoms with Gasteiger partial charge in [0.2, 0.25) is 0 Å². The Hall–Kier alpha value is -2.10. The smallest absolute Gasteiger partial charge is 0.328 e. The molecule has 0 fully saturated rings. The molecular formula is C16H20O4. The number of carboxylic acid groups (broad SMARTS) is 1. The molecule has 0 aliphatic carbocycles. The van der Waals surface area contributed by atoms with Crippen LogP contribution in [0.3, 0.4) is 0 Å². The second kappa shape index (κ2) is 6.89. The van der Waals surface area contributed by atoms with Crippen LogP contribution >= 0.6 is 0 Å². The van der Waals surface area contributed by atoms with Gasteiger partial charge in [-0.3, -0.25) is 9.59 Å². The van der Waals surface area contributed by atoms with Crippen molar-refractivity contribution < 1.29 is 19.4 Å². The fraction of sp³-hybridized carbons (Fsp3) is 0.375. The van der Waals surface area contributed by atoms with Crippen LogP contribution in [0.1, 0.15) is 30.9 Å². The van der Waals surface area contributed by atoms with E-state index in [1.807, 2.05) is 6.07 Å². The fourth-order valence-corrected chi connectivity index (χ4v) is 2.28. The van der Waals surface area contributed by atoms with Crippen LogP contribution in [0.25, 0.3) is 0 Å². The molecule has 0 spiro atoms. The van der Waals surface area contributed by atoms with Gasteiger partial charge in [-0.1, -0.05) is 30.3 Å². The highest BCUT2D eigenvalue weighted by molar-refractivity contribution is 6.05. The van der Waals surface area contributed by atoms with Crippen molar-refractivity contribution in [3.63, 3.8) is 0 Å². The van der Waals surface area contributed by atoms with Gasteiger partial charge in [0.15, 0.2) is 5.41 Å². The van der Waals surface area contributed by atoms with Crippen LogP contribution in [0.4, 0.5) is 0 Å². The Morgan fingerprint density at radius 1 is 1.40 bits per heavy atom. The van der Waals surface area contributed by atoms with E-state index < -0.39 is 17.4 Å². The number of esters is 1. The molecule has 4 heteroatoms. The number of hydrogen-bond donors (Lipinski definition) is 1. The van der Waals surface area contributed by atoms with Gasteiger partial charge in [-0.15, -0.1) is 6.58 Å². The minimum Gasteiger partial charge on any atom is -0.480 e. The Morgan fingerprint density at radius 3 is 2.55 bits per heavy atom. The third-order valence-corrected chi connectivity index (χ3v) is 3.32. The Balaban J connectivity index is 3.44.